The quantitative estimate of drug-likeness (QED) is 0.842. The molecular formula is C16H30N2O2. The molecule has 1 N–H and O–H groups in total. The van der Waals surface area contributed by atoms with E-state index in [-0.39, 0.29) is 12.2 Å². The average molecular weight is 282 g/mol. The SMILES string of the molecule is CC(C)CC1NC(CC(C)C)N(C2CCOCC2)C1=O. The minimum atomic E-state index is 0.0154. The Labute approximate surface area is 123 Å². The number of nitrogens with one attached hydrogen (secondary N) is 1. The number of hydrogen-bond donors (Lipinski definition) is 1. The molecule has 0 aromatic heterocycles. The minimum absolute atomic E-state index is 0.0154. The number of carbonyl (C=O) groups is 1. The number of hydrogen-bond acceptors (Lipinski definition) is 3. The second-order valence-corrected chi connectivity index (χ2v) is 7.08. The van der Waals surface area contributed by atoms with Crippen LogP contribution in [0.2, 0.25) is 0 Å². The number of nitrogens with zero attached hydrogens (tertiary/aromatic N) is 1. The normalized spacial score (nSPS) is 28.9. The van der Waals surface area contributed by atoms with Crippen LogP contribution in [0.3, 0.4) is 0 Å². The fraction of sp³-hybridized carbons (Fsp3) is 0.938. The Morgan fingerprint density at radius 1 is 1.15 bits per heavy atom. The highest BCUT2D eigenvalue weighted by Crippen LogP contribution is 2.27. The highest BCUT2D eigenvalue weighted by molar-refractivity contribution is 5.84. The lowest BCUT2D eigenvalue weighted by Crippen LogP contribution is -2.47. The Kier molecular flexibility index (Phi) is 5.44. The van der Waals surface area contributed by atoms with Crippen molar-refractivity contribution in [2.75, 3.05) is 13.2 Å². The number of rotatable bonds is 5. The van der Waals surface area contributed by atoms with Gasteiger partial charge in [-0.15, -0.1) is 0 Å². The maximum Gasteiger partial charge on any atom is 0.241 e. The van der Waals surface area contributed by atoms with E-state index in [9.17, 15) is 4.79 Å². The zero-order chi connectivity index (χ0) is 14.7. The molecule has 2 rings (SSSR count). The lowest BCUT2D eigenvalue weighted by Gasteiger charge is -2.35. The highest BCUT2D eigenvalue weighted by Gasteiger charge is 2.42. The largest absolute Gasteiger partial charge is 0.381 e. The summed E-state index contributed by atoms with van der Waals surface area (Å²) in [4.78, 5) is 14.9. The van der Waals surface area contributed by atoms with E-state index in [4.69, 9.17) is 4.74 Å². The fourth-order valence-corrected chi connectivity index (χ4v) is 3.38. The molecule has 0 spiro atoms. The molecule has 116 valence electrons. The topological polar surface area (TPSA) is 41.6 Å². The Morgan fingerprint density at radius 3 is 2.30 bits per heavy atom. The van der Waals surface area contributed by atoms with Crippen molar-refractivity contribution in [1.29, 1.82) is 0 Å². The molecule has 0 aromatic carbocycles. The van der Waals surface area contributed by atoms with E-state index < -0.39 is 0 Å². The predicted molar refractivity (Wildman–Crippen MR) is 80.3 cm³/mol. The van der Waals surface area contributed by atoms with Gasteiger partial charge in [0.25, 0.3) is 0 Å². The van der Waals surface area contributed by atoms with Crippen molar-refractivity contribution in [3.8, 4) is 0 Å². The van der Waals surface area contributed by atoms with Crippen molar-refractivity contribution in [3.05, 3.63) is 0 Å². The molecule has 2 heterocycles. The molecule has 0 aromatic rings. The first-order valence-electron chi connectivity index (χ1n) is 8.15. The van der Waals surface area contributed by atoms with E-state index in [0.29, 0.717) is 23.8 Å². The molecule has 1 amide bonds. The van der Waals surface area contributed by atoms with Crippen molar-refractivity contribution >= 4 is 5.91 Å². The summed E-state index contributed by atoms with van der Waals surface area (Å²) in [6.45, 7) is 10.4. The van der Waals surface area contributed by atoms with Crippen LogP contribution in [-0.4, -0.2) is 42.3 Å². The summed E-state index contributed by atoms with van der Waals surface area (Å²) < 4.78 is 5.44. The fourth-order valence-electron chi connectivity index (χ4n) is 3.38. The van der Waals surface area contributed by atoms with Gasteiger partial charge in [0.2, 0.25) is 5.91 Å². The number of amides is 1. The summed E-state index contributed by atoms with van der Waals surface area (Å²) in [5.41, 5.74) is 0. The van der Waals surface area contributed by atoms with Gasteiger partial charge in [-0.05, 0) is 37.5 Å². The lowest BCUT2D eigenvalue weighted by atomic mass is 10.0. The van der Waals surface area contributed by atoms with Crippen molar-refractivity contribution in [1.82, 2.24) is 10.2 Å². The van der Waals surface area contributed by atoms with Gasteiger partial charge in [-0.25, -0.2) is 0 Å². The van der Waals surface area contributed by atoms with E-state index in [1.165, 1.54) is 0 Å². The maximum atomic E-state index is 12.8. The Balaban J connectivity index is 2.08. The third kappa shape index (κ3) is 3.73. The second-order valence-electron chi connectivity index (χ2n) is 7.08. The third-order valence-corrected chi connectivity index (χ3v) is 4.27. The minimum Gasteiger partial charge on any atom is -0.381 e. The molecule has 2 unspecified atom stereocenters. The van der Waals surface area contributed by atoms with Crippen LogP contribution in [0, 0.1) is 11.8 Å². The summed E-state index contributed by atoms with van der Waals surface area (Å²) in [7, 11) is 0. The molecule has 0 bridgehead atoms. The average Bonchev–Trinajstić information content (AvgIpc) is 2.65. The second kappa shape index (κ2) is 6.90. The van der Waals surface area contributed by atoms with Gasteiger partial charge < -0.3 is 9.64 Å². The van der Waals surface area contributed by atoms with E-state index in [1.807, 2.05) is 0 Å². The highest BCUT2D eigenvalue weighted by atomic mass is 16.5. The first kappa shape index (κ1) is 15.8. The van der Waals surface area contributed by atoms with Crippen molar-refractivity contribution < 1.29 is 9.53 Å². The maximum absolute atomic E-state index is 12.8. The summed E-state index contributed by atoms with van der Waals surface area (Å²) in [6, 6.07) is 0.381. The van der Waals surface area contributed by atoms with Crippen molar-refractivity contribution in [3.63, 3.8) is 0 Å². The standard InChI is InChI=1S/C16H30N2O2/c1-11(2)9-14-16(19)18(13-5-7-20-8-6-13)15(17-14)10-12(3)4/h11-15,17H,5-10H2,1-4H3. The summed E-state index contributed by atoms with van der Waals surface area (Å²) >= 11 is 0. The van der Waals surface area contributed by atoms with Gasteiger partial charge in [0.1, 0.15) is 0 Å². The summed E-state index contributed by atoms with van der Waals surface area (Å²) in [5, 5.41) is 3.59. The molecule has 4 heteroatoms. The molecule has 0 saturated carbocycles. The van der Waals surface area contributed by atoms with Crippen LogP contribution in [0.5, 0.6) is 0 Å². The van der Waals surface area contributed by atoms with Gasteiger partial charge in [-0.3, -0.25) is 10.1 Å². The van der Waals surface area contributed by atoms with Gasteiger partial charge in [-0.1, -0.05) is 27.7 Å². The number of ether oxygens (including phenoxy) is 1. The van der Waals surface area contributed by atoms with Crippen LogP contribution in [0.1, 0.15) is 53.4 Å². The molecule has 2 aliphatic heterocycles. The molecule has 2 saturated heterocycles. The lowest BCUT2D eigenvalue weighted by molar-refractivity contribution is -0.134. The van der Waals surface area contributed by atoms with Gasteiger partial charge in [0, 0.05) is 19.3 Å². The van der Waals surface area contributed by atoms with Crippen LogP contribution in [0.4, 0.5) is 0 Å². The smallest absolute Gasteiger partial charge is 0.241 e. The van der Waals surface area contributed by atoms with Crippen LogP contribution < -0.4 is 5.32 Å². The predicted octanol–water partition coefficient (Wildman–Crippen LogP) is 2.38. The molecule has 4 nitrogen and oxygen atoms in total. The first-order chi connectivity index (χ1) is 9.49. The zero-order valence-electron chi connectivity index (χ0n) is 13.4. The van der Waals surface area contributed by atoms with Crippen molar-refractivity contribution in [2.45, 2.75) is 71.6 Å². The molecule has 2 aliphatic rings. The Hall–Kier alpha value is -0.610. The van der Waals surface area contributed by atoms with Gasteiger partial charge >= 0.3 is 0 Å². The van der Waals surface area contributed by atoms with Crippen LogP contribution in [0.25, 0.3) is 0 Å². The van der Waals surface area contributed by atoms with Crippen LogP contribution in [0.15, 0.2) is 0 Å². The van der Waals surface area contributed by atoms with Gasteiger partial charge in [0.05, 0.1) is 12.2 Å². The third-order valence-electron chi connectivity index (χ3n) is 4.27. The number of carbonyl (C=O) groups excluding carboxylic acids is 1. The van der Waals surface area contributed by atoms with E-state index in [2.05, 4.69) is 37.9 Å². The molecule has 0 aliphatic carbocycles. The summed E-state index contributed by atoms with van der Waals surface area (Å²) in [5.74, 6) is 1.46. The van der Waals surface area contributed by atoms with Gasteiger partial charge in [-0.2, -0.15) is 0 Å². The molecular weight excluding hydrogens is 252 g/mol. The first-order valence-corrected chi connectivity index (χ1v) is 8.15. The summed E-state index contributed by atoms with van der Waals surface area (Å²) in [6.07, 6.45) is 4.16. The van der Waals surface area contributed by atoms with Crippen LogP contribution >= 0.6 is 0 Å². The molecule has 2 fully saturated rings. The Morgan fingerprint density at radius 2 is 1.75 bits per heavy atom. The zero-order valence-corrected chi connectivity index (χ0v) is 13.4. The van der Waals surface area contributed by atoms with E-state index in [0.717, 1.165) is 38.9 Å². The Bertz CT molecular complexity index is 324. The van der Waals surface area contributed by atoms with Crippen LogP contribution in [-0.2, 0) is 9.53 Å². The van der Waals surface area contributed by atoms with Gasteiger partial charge in [0.15, 0.2) is 0 Å². The van der Waals surface area contributed by atoms with E-state index >= 15 is 0 Å². The van der Waals surface area contributed by atoms with Crippen molar-refractivity contribution in [2.24, 2.45) is 11.8 Å². The van der Waals surface area contributed by atoms with E-state index in [1.54, 1.807) is 0 Å². The molecule has 20 heavy (non-hydrogen) atoms. The molecule has 2 atom stereocenters. The molecule has 0 radical (unpaired) electrons. The monoisotopic (exact) mass is 282 g/mol.